The molecule has 0 radical (unpaired) electrons. The van der Waals surface area contributed by atoms with E-state index in [1.807, 2.05) is 41.5 Å². The zero-order chi connectivity index (χ0) is 22.9. The lowest BCUT2D eigenvalue weighted by Crippen LogP contribution is -2.41. The average molecular weight is 429 g/mol. The van der Waals surface area contributed by atoms with Crippen molar-refractivity contribution in [3.63, 3.8) is 0 Å². The Balaban J connectivity index is -0.000000455. The van der Waals surface area contributed by atoms with Crippen LogP contribution in [0.4, 0.5) is 0 Å². The Hall–Kier alpha value is -0.320. The van der Waals surface area contributed by atoms with Crippen molar-refractivity contribution in [1.82, 2.24) is 0 Å². The van der Waals surface area contributed by atoms with Gasteiger partial charge in [-0.3, -0.25) is 0 Å². The zero-order valence-electron chi connectivity index (χ0n) is 18.4. The van der Waals surface area contributed by atoms with Gasteiger partial charge in [-0.05, 0) is 23.7 Å². The second-order valence-corrected chi connectivity index (χ2v) is 10.0. The van der Waals surface area contributed by atoms with E-state index in [-0.39, 0.29) is 18.3 Å². The van der Waals surface area contributed by atoms with Crippen molar-refractivity contribution >= 4 is 0 Å². The first-order chi connectivity index (χ1) is 12.5. The highest BCUT2D eigenvalue weighted by Gasteiger charge is 2.30. The highest BCUT2D eigenvalue weighted by molar-refractivity contribution is 4.81. The van der Waals surface area contributed by atoms with E-state index in [1.54, 1.807) is 6.92 Å². The molecule has 29 heavy (non-hydrogen) atoms. The molecule has 0 saturated carbocycles. The molecule has 0 spiro atoms. The topological polar surface area (TPSA) is 162 Å². The summed E-state index contributed by atoms with van der Waals surface area (Å²) in [5, 5.41) is 73.8. The minimum atomic E-state index is -1.27. The Labute approximate surface area is 176 Å². The summed E-state index contributed by atoms with van der Waals surface area (Å²) in [6.07, 6.45) is -5.58. The molecular weight excluding hydrogens is 380 g/mol. The van der Waals surface area contributed by atoms with Crippen molar-refractivity contribution in [2.75, 3.05) is 13.2 Å². The standard InChI is InChI=1S/C11H24O4.C9H20O4.CH4/c1-7(9(14)6-12)10(15)8(13)5-11(2,3)4;1-9(2,3)4-6(11)8(13)7(12)5-10;/h7-10,12-15H,5-6H2,1-4H3;6-8,10-13H,4-5H2,1-3H3;1H4. The van der Waals surface area contributed by atoms with E-state index < -0.39 is 55.8 Å². The fourth-order valence-corrected chi connectivity index (χ4v) is 2.61. The molecular formula is C21H48O8. The Kier molecular flexibility index (Phi) is 16.8. The number of rotatable bonds is 9. The van der Waals surface area contributed by atoms with Crippen LogP contribution < -0.4 is 0 Å². The van der Waals surface area contributed by atoms with Crippen LogP contribution in [0.1, 0.15) is 68.7 Å². The first kappa shape index (κ1) is 33.3. The summed E-state index contributed by atoms with van der Waals surface area (Å²) in [6.45, 7) is 12.3. The summed E-state index contributed by atoms with van der Waals surface area (Å²) in [5.41, 5.74) is -0.195. The summed E-state index contributed by atoms with van der Waals surface area (Å²) < 4.78 is 0. The number of hydrogen-bond donors (Lipinski definition) is 8. The fraction of sp³-hybridized carbons (Fsp3) is 1.00. The fourth-order valence-electron chi connectivity index (χ4n) is 2.61. The van der Waals surface area contributed by atoms with Crippen LogP contribution in [0.5, 0.6) is 0 Å². The van der Waals surface area contributed by atoms with Crippen LogP contribution in [-0.4, -0.2) is 90.7 Å². The highest BCUT2D eigenvalue weighted by atomic mass is 16.4. The van der Waals surface area contributed by atoms with Gasteiger partial charge in [0.1, 0.15) is 12.2 Å². The SMILES string of the molecule is C.CC(C(O)CO)C(O)C(O)CC(C)(C)C.CC(C)(C)CC(O)C(O)C(O)CO. The highest BCUT2D eigenvalue weighted by Crippen LogP contribution is 2.25. The van der Waals surface area contributed by atoms with Crippen molar-refractivity contribution < 1.29 is 40.9 Å². The van der Waals surface area contributed by atoms with E-state index in [1.165, 1.54) is 0 Å². The molecule has 0 aromatic carbocycles. The predicted octanol–water partition coefficient (Wildman–Crippen LogP) is 0.267. The molecule has 0 aromatic heterocycles. The van der Waals surface area contributed by atoms with Gasteiger partial charge in [-0.2, -0.15) is 0 Å². The molecule has 0 rings (SSSR count). The van der Waals surface area contributed by atoms with Crippen molar-refractivity contribution in [3.05, 3.63) is 0 Å². The normalized spacial score (nSPS) is 19.6. The molecule has 180 valence electrons. The molecule has 8 N–H and O–H groups in total. The molecule has 0 aliphatic carbocycles. The maximum Gasteiger partial charge on any atom is 0.108 e. The largest absolute Gasteiger partial charge is 0.394 e. The summed E-state index contributed by atoms with van der Waals surface area (Å²) in [5.74, 6) is -0.535. The molecule has 0 amide bonds. The van der Waals surface area contributed by atoms with E-state index in [0.29, 0.717) is 12.8 Å². The van der Waals surface area contributed by atoms with Crippen LogP contribution >= 0.6 is 0 Å². The molecule has 7 unspecified atom stereocenters. The lowest BCUT2D eigenvalue weighted by Gasteiger charge is -2.30. The second kappa shape index (κ2) is 14.6. The molecule has 0 heterocycles. The quantitative estimate of drug-likeness (QED) is 0.259. The molecule has 8 heteroatoms. The minimum absolute atomic E-state index is 0. The summed E-state index contributed by atoms with van der Waals surface area (Å²) in [7, 11) is 0. The van der Waals surface area contributed by atoms with Gasteiger partial charge in [-0.25, -0.2) is 0 Å². The predicted molar refractivity (Wildman–Crippen MR) is 114 cm³/mol. The average Bonchev–Trinajstić information content (AvgIpc) is 2.55. The molecule has 7 atom stereocenters. The summed E-state index contributed by atoms with van der Waals surface area (Å²) in [6, 6.07) is 0. The third-order valence-corrected chi connectivity index (χ3v) is 4.35. The van der Waals surface area contributed by atoms with Gasteiger partial charge in [0.15, 0.2) is 0 Å². The third-order valence-electron chi connectivity index (χ3n) is 4.35. The molecule has 0 bridgehead atoms. The Bertz CT molecular complexity index is 391. The monoisotopic (exact) mass is 428 g/mol. The van der Waals surface area contributed by atoms with Crippen LogP contribution in [0.2, 0.25) is 0 Å². The van der Waals surface area contributed by atoms with Crippen molar-refractivity contribution in [2.24, 2.45) is 16.7 Å². The summed E-state index contributed by atoms with van der Waals surface area (Å²) >= 11 is 0. The van der Waals surface area contributed by atoms with Gasteiger partial charge >= 0.3 is 0 Å². The number of hydrogen-bond acceptors (Lipinski definition) is 8. The third kappa shape index (κ3) is 16.1. The van der Waals surface area contributed by atoms with Crippen molar-refractivity contribution in [2.45, 2.75) is 105 Å². The van der Waals surface area contributed by atoms with Gasteiger partial charge in [0.2, 0.25) is 0 Å². The molecule has 0 aromatic rings. The van der Waals surface area contributed by atoms with Crippen LogP contribution in [0.15, 0.2) is 0 Å². The molecule has 0 fully saturated rings. The Morgan fingerprint density at radius 1 is 0.552 bits per heavy atom. The second-order valence-electron chi connectivity index (χ2n) is 10.0. The first-order valence-electron chi connectivity index (χ1n) is 9.77. The minimum Gasteiger partial charge on any atom is -0.394 e. The maximum absolute atomic E-state index is 9.73. The lowest BCUT2D eigenvalue weighted by molar-refractivity contribution is -0.0860. The lowest BCUT2D eigenvalue weighted by atomic mass is 9.84. The number of aliphatic hydroxyl groups excluding tert-OH is 8. The molecule has 0 aliphatic heterocycles. The maximum atomic E-state index is 9.73. The van der Waals surface area contributed by atoms with Gasteiger partial charge in [0, 0.05) is 5.92 Å². The van der Waals surface area contributed by atoms with Crippen LogP contribution in [0.25, 0.3) is 0 Å². The smallest absolute Gasteiger partial charge is 0.108 e. The van der Waals surface area contributed by atoms with Crippen LogP contribution in [0, 0.1) is 16.7 Å². The molecule has 0 aliphatic rings. The van der Waals surface area contributed by atoms with Crippen molar-refractivity contribution in [3.8, 4) is 0 Å². The Morgan fingerprint density at radius 3 is 1.14 bits per heavy atom. The van der Waals surface area contributed by atoms with Gasteiger partial charge in [-0.15, -0.1) is 0 Å². The van der Waals surface area contributed by atoms with E-state index >= 15 is 0 Å². The van der Waals surface area contributed by atoms with E-state index in [2.05, 4.69) is 0 Å². The molecule has 8 nitrogen and oxygen atoms in total. The van der Waals surface area contributed by atoms with Gasteiger partial charge in [0.05, 0.1) is 37.6 Å². The van der Waals surface area contributed by atoms with Crippen LogP contribution in [0.3, 0.4) is 0 Å². The van der Waals surface area contributed by atoms with E-state index in [9.17, 15) is 25.5 Å². The van der Waals surface area contributed by atoms with Crippen LogP contribution in [-0.2, 0) is 0 Å². The van der Waals surface area contributed by atoms with Crippen molar-refractivity contribution in [1.29, 1.82) is 0 Å². The van der Waals surface area contributed by atoms with Gasteiger partial charge < -0.3 is 40.9 Å². The van der Waals surface area contributed by atoms with E-state index in [0.717, 1.165) is 0 Å². The Morgan fingerprint density at radius 2 is 0.862 bits per heavy atom. The summed E-state index contributed by atoms with van der Waals surface area (Å²) in [4.78, 5) is 0. The first-order valence-corrected chi connectivity index (χ1v) is 9.77. The van der Waals surface area contributed by atoms with Gasteiger partial charge in [0.25, 0.3) is 0 Å². The zero-order valence-corrected chi connectivity index (χ0v) is 18.4. The number of aliphatic hydroxyl groups is 8. The van der Waals surface area contributed by atoms with Gasteiger partial charge in [-0.1, -0.05) is 55.9 Å². The van der Waals surface area contributed by atoms with E-state index in [4.69, 9.17) is 15.3 Å². The molecule has 0 saturated heterocycles.